The van der Waals surface area contributed by atoms with Crippen molar-refractivity contribution in [2.75, 3.05) is 0 Å². The molecule has 0 radical (unpaired) electrons. The van der Waals surface area contributed by atoms with E-state index in [9.17, 15) is 0 Å². The quantitative estimate of drug-likeness (QED) is 0.830. The highest BCUT2D eigenvalue weighted by atomic mass is 16.5. The second kappa shape index (κ2) is 4.99. The van der Waals surface area contributed by atoms with Gasteiger partial charge in [-0.15, -0.1) is 0 Å². The second-order valence-corrected chi connectivity index (χ2v) is 6.98. The van der Waals surface area contributed by atoms with Crippen LogP contribution in [-0.2, 0) is 18.0 Å². The average molecular weight is 282 g/mol. The van der Waals surface area contributed by atoms with Crippen molar-refractivity contribution >= 4 is 0 Å². The molecule has 1 atom stereocenters. The summed E-state index contributed by atoms with van der Waals surface area (Å²) in [5, 5.41) is 0. The Hall–Kier alpha value is -1.61. The highest BCUT2D eigenvalue weighted by Crippen LogP contribution is 2.63. The third kappa shape index (κ3) is 2.40. The molecule has 21 heavy (non-hydrogen) atoms. The Morgan fingerprint density at radius 3 is 2.71 bits per heavy atom. The minimum absolute atomic E-state index is 0.599. The molecule has 0 saturated heterocycles. The molecule has 110 valence electrons. The monoisotopic (exact) mass is 282 g/mol. The molecule has 3 aliphatic carbocycles. The van der Waals surface area contributed by atoms with E-state index in [0.29, 0.717) is 24.7 Å². The Morgan fingerprint density at radius 2 is 2.00 bits per heavy atom. The molecule has 5 rings (SSSR count). The third-order valence-electron chi connectivity index (χ3n) is 5.20. The summed E-state index contributed by atoms with van der Waals surface area (Å²) in [5.74, 6) is 1.93. The van der Waals surface area contributed by atoms with E-state index in [2.05, 4.69) is 34.8 Å². The van der Waals surface area contributed by atoms with Gasteiger partial charge in [0.25, 0.3) is 0 Å². The summed E-state index contributed by atoms with van der Waals surface area (Å²) < 4.78 is 8.22. The van der Waals surface area contributed by atoms with E-state index in [0.717, 1.165) is 11.7 Å². The van der Waals surface area contributed by atoms with Crippen molar-refractivity contribution in [3.8, 4) is 0 Å². The number of hydrogen-bond donors (Lipinski definition) is 0. The summed E-state index contributed by atoms with van der Waals surface area (Å²) in [7, 11) is 0. The van der Waals surface area contributed by atoms with Gasteiger partial charge in [0.1, 0.15) is 12.4 Å². The fourth-order valence-corrected chi connectivity index (χ4v) is 4.23. The summed E-state index contributed by atoms with van der Waals surface area (Å²) in [5.41, 5.74) is 1.81. The lowest BCUT2D eigenvalue weighted by Gasteiger charge is -2.34. The molecule has 0 N–H and O–H groups in total. The first-order chi connectivity index (χ1) is 10.2. The molecule has 3 nitrogen and oxygen atoms in total. The van der Waals surface area contributed by atoms with Gasteiger partial charge < -0.3 is 9.30 Å². The van der Waals surface area contributed by atoms with E-state index in [1.54, 1.807) is 0 Å². The Labute approximate surface area is 126 Å². The maximum Gasteiger partial charge on any atom is 0.135 e. The highest BCUT2D eigenvalue weighted by molar-refractivity contribution is 5.13. The molecule has 0 spiro atoms. The molecule has 2 aromatic rings. The van der Waals surface area contributed by atoms with Crippen LogP contribution < -0.4 is 0 Å². The van der Waals surface area contributed by atoms with Crippen LogP contribution in [0.5, 0.6) is 0 Å². The zero-order valence-electron chi connectivity index (χ0n) is 12.5. The molecule has 3 heteroatoms. The molecular formula is C18H22N2O. The molecule has 1 unspecified atom stereocenters. The van der Waals surface area contributed by atoms with Crippen molar-refractivity contribution in [2.45, 2.75) is 45.4 Å². The lowest BCUT2D eigenvalue weighted by Crippen LogP contribution is -2.25. The molecular weight excluding hydrogens is 260 g/mol. The van der Waals surface area contributed by atoms with Crippen LogP contribution >= 0.6 is 0 Å². The number of nitrogens with zero attached hydrogens (tertiary/aromatic N) is 2. The lowest BCUT2D eigenvalue weighted by atomic mass is 9.71. The van der Waals surface area contributed by atoms with E-state index in [4.69, 9.17) is 4.74 Å². The van der Waals surface area contributed by atoms with E-state index in [1.807, 2.05) is 24.4 Å². The van der Waals surface area contributed by atoms with Gasteiger partial charge in [0.2, 0.25) is 0 Å². The van der Waals surface area contributed by atoms with Crippen molar-refractivity contribution in [1.29, 1.82) is 0 Å². The summed E-state index contributed by atoms with van der Waals surface area (Å²) >= 11 is 0. The van der Waals surface area contributed by atoms with Crippen molar-refractivity contribution < 1.29 is 4.74 Å². The first kappa shape index (κ1) is 13.1. The zero-order chi connectivity index (χ0) is 14.3. The average Bonchev–Trinajstić information content (AvgIpc) is 3.12. The predicted octanol–water partition coefficient (Wildman–Crippen LogP) is 3.96. The summed E-state index contributed by atoms with van der Waals surface area (Å²) in [4.78, 5) is 4.51. The van der Waals surface area contributed by atoms with Crippen molar-refractivity contribution in [2.24, 2.45) is 11.3 Å². The van der Waals surface area contributed by atoms with Gasteiger partial charge in [-0.1, -0.05) is 37.3 Å². The van der Waals surface area contributed by atoms with E-state index >= 15 is 0 Å². The smallest absolute Gasteiger partial charge is 0.135 e. The van der Waals surface area contributed by atoms with Gasteiger partial charge in [0, 0.05) is 18.4 Å². The van der Waals surface area contributed by atoms with Crippen LogP contribution in [0, 0.1) is 11.3 Å². The van der Waals surface area contributed by atoms with Crippen LogP contribution in [0.3, 0.4) is 0 Å². The number of imidazole rings is 1. The standard InChI is InChI=1S/C18H22N2O/c1-18-9-15(10-18)16(11-18)20-8-7-19-17(20)13-21-12-14-5-3-2-4-6-14/h2-8,15-16H,9-13H2,1H3. The van der Waals surface area contributed by atoms with E-state index in [-0.39, 0.29) is 0 Å². The second-order valence-electron chi connectivity index (χ2n) is 6.98. The molecule has 3 saturated carbocycles. The van der Waals surface area contributed by atoms with Crippen molar-refractivity contribution in [3.05, 3.63) is 54.1 Å². The Bertz CT molecular complexity index is 613. The first-order valence-corrected chi connectivity index (χ1v) is 7.87. The molecule has 3 aliphatic rings. The molecule has 2 bridgehead atoms. The van der Waals surface area contributed by atoms with Gasteiger partial charge in [-0.2, -0.15) is 0 Å². The van der Waals surface area contributed by atoms with Crippen molar-refractivity contribution in [1.82, 2.24) is 9.55 Å². The van der Waals surface area contributed by atoms with Gasteiger partial charge in [0.05, 0.1) is 6.61 Å². The van der Waals surface area contributed by atoms with Crippen LogP contribution in [-0.4, -0.2) is 9.55 Å². The van der Waals surface area contributed by atoms with Crippen LogP contribution in [0.25, 0.3) is 0 Å². The Balaban J connectivity index is 1.39. The van der Waals surface area contributed by atoms with Gasteiger partial charge in [-0.25, -0.2) is 4.98 Å². The molecule has 0 aliphatic heterocycles. The lowest BCUT2D eigenvalue weighted by molar-refractivity contribution is 0.0970. The van der Waals surface area contributed by atoms with Gasteiger partial charge in [0.15, 0.2) is 0 Å². The van der Waals surface area contributed by atoms with Crippen molar-refractivity contribution in [3.63, 3.8) is 0 Å². The maximum absolute atomic E-state index is 5.85. The van der Waals surface area contributed by atoms with Gasteiger partial charge in [-0.05, 0) is 36.2 Å². The molecule has 3 fully saturated rings. The minimum Gasteiger partial charge on any atom is -0.369 e. The van der Waals surface area contributed by atoms with E-state index < -0.39 is 0 Å². The number of fused-ring (bicyclic) bond motifs is 1. The summed E-state index contributed by atoms with van der Waals surface area (Å²) in [6.07, 6.45) is 8.13. The number of rotatable bonds is 5. The van der Waals surface area contributed by atoms with E-state index in [1.165, 1.54) is 24.8 Å². The third-order valence-corrected chi connectivity index (χ3v) is 5.20. The SMILES string of the molecule is CC12CC(C1)C(n1ccnc1COCc1ccccc1)C2. The Morgan fingerprint density at radius 1 is 1.19 bits per heavy atom. The van der Waals surface area contributed by atoms with Gasteiger partial charge in [-0.3, -0.25) is 0 Å². The minimum atomic E-state index is 0.599. The molecule has 0 amide bonds. The first-order valence-electron chi connectivity index (χ1n) is 7.87. The van der Waals surface area contributed by atoms with Crippen LogP contribution in [0.1, 0.15) is 43.6 Å². The fourth-order valence-electron chi connectivity index (χ4n) is 4.23. The molecule has 1 aromatic carbocycles. The predicted molar refractivity (Wildman–Crippen MR) is 81.6 cm³/mol. The zero-order valence-corrected chi connectivity index (χ0v) is 12.5. The largest absolute Gasteiger partial charge is 0.369 e. The van der Waals surface area contributed by atoms with Crippen LogP contribution in [0.2, 0.25) is 0 Å². The molecule has 1 aromatic heterocycles. The Kier molecular flexibility index (Phi) is 3.11. The van der Waals surface area contributed by atoms with Crippen LogP contribution in [0.4, 0.5) is 0 Å². The number of hydrogen-bond acceptors (Lipinski definition) is 2. The summed E-state index contributed by atoms with van der Waals surface area (Å²) in [6.45, 7) is 3.67. The molecule has 1 heterocycles. The normalized spacial score (nSPS) is 30.3. The van der Waals surface area contributed by atoms with Crippen LogP contribution in [0.15, 0.2) is 42.7 Å². The fraction of sp³-hybridized carbons (Fsp3) is 0.500. The number of aromatic nitrogens is 2. The number of ether oxygens (including phenoxy) is 1. The highest BCUT2D eigenvalue weighted by Gasteiger charge is 2.53. The maximum atomic E-state index is 5.85. The van der Waals surface area contributed by atoms with Gasteiger partial charge >= 0.3 is 0 Å². The summed E-state index contributed by atoms with van der Waals surface area (Å²) in [6, 6.07) is 11.0. The number of benzene rings is 1. The topological polar surface area (TPSA) is 27.1 Å².